The summed E-state index contributed by atoms with van der Waals surface area (Å²) < 4.78 is 5.30. The highest BCUT2D eigenvalue weighted by Gasteiger charge is 2.17. The van der Waals surface area contributed by atoms with Crippen molar-refractivity contribution in [2.24, 2.45) is 0 Å². The number of nitrogens with one attached hydrogen (secondary N) is 1. The van der Waals surface area contributed by atoms with Gasteiger partial charge in [-0.05, 0) is 42.3 Å². The summed E-state index contributed by atoms with van der Waals surface area (Å²) in [6.45, 7) is 3.40. The Bertz CT molecular complexity index is 1240. The van der Waals surface area contributed by atoms with Crippen molar-refractivity contribution in [1.82, 2.24) is 10.3 Å². The van der Waals surface area contributed by atoms with Gasteiger partial charge in [0, 0.05) is 11.1 Å². The SMILES string of the molecule is Cc1cc(C(=O)OCC(=O)N[C@@H](C)c2cccc3ccccc23)c2ccccc2n1. The van der Waals surface area contributed by atoms with Gasteiger partial charge in [-0.1, -0.05) is 60.7 Å². The average molecular weight is 398 g/mol. The molecule has 0 aliphatic heterocycles. The number of benzene rings is 3. The molecule has 0 bridgehead atoms. The maximum absolute atomic E-state index is 12.6. The number of aryl methyl sites for hydroxylation is 1. The van der Waals surface area contributed by atoms with Crippen LogP contribution in [0, 0.1) is 6.92 Å². The smallest absolute Gasteiger partial charge is 0.339 e. The molecule has 0 aliphatic carbocycles. The number of esters is 1. The van der Waals surface area contributed by atoms with Crippen LogP contribution in [-0.2, 0) is 9.53 Å². The van der Waals surface area contributed by atoms with Gasteiger partial charge in [-0.25, -0.2) is 4.79 Å². The zero-order valence-electron chi connectivity index (χ0n) is 16.9. The summed E-state index contributed by atoms with van der Waals surface area (Å²) in [4.78, 5) is 29.5. The van der Waals surface area contributed by atoms with E-state index in [1.165, 1.54) is 0 Å². The van der Waals surface area contributed by atoms with Crippen LogP contribution in [0.25, 0.3) is 21.7 Å². The maximum atomic E-state index is 12.6. The second kappa shape index (κ2) is 8.33. The number of rotatable bonds is 5. The van der Waals surface area contributed by atoms with Crippen LogP contribution in [0.5, 0.6) is 0 Å². The summed E-state index contributed by atoms with van der Waals surface area (Å²) in [5.41, 5.74) is 2.87. The van der Waals surface area contributed by atoms with Gasteiger partial charge in [0.25, 0.3) is 5.91 Å². The van der Waals surface area contributed by atoms with Gasteiger partial charge in [0.2, 0.25) is 0 Å². The second-order valence-corrected chi connectivity index (χ2v) is 7.26. The molecular weight excluding hydrogens is 376 g/mol. The lowest BCUT2D eigenvalue weighted by molar-refractivity contribution is -0.124. The molecule has 1 heterocycles. The predicted octanol–water partition coefficient (Wildman–Crippen LogP) is 4.73. The molecule has 0 unspecified atom stereocenters. The van der Waals surface area contributed by atoms with Gasteiger partial charge in [0.15, 0.2) is 6.61 Å². The third kappa shape index (κ3) is 4.01. The number of carbonyl (C=O) groups excluding carboxylic acids is 2. The van der Waals surface area contributed by atoms with Crippen LogP contribution in [0.1, 0.15) is 34.6 Å². The number of nitrogens with zero attached hydrogens (tertiary/aromatic N) is 1. The number of pyridine rings is 1. The van der Waals surface area contributed by atoms with Crippen LogP contribution in [0.2, 0.25) is 0 Å². The number of aromatic nitrogens is 1. The van der Waals surface area contributed by atoms with Gasteiger partial charge in [0.1, 0.15) is 0 Å². The molecule has 1 N–H and O–H groups in total. The van der Waals surface area contributed by atoms with E-state index in [0.29, 0.717) is 10.9 Å². The summed E-state index contributed by atoms with van der Waals surface area (Å²) in [7, 11) is 0. The van der Waals surface area contributed by atoms with Crippen molar-refractivity contribution in [1.29, 1.82) is 0 Å². The number of fused-ring (bicyclic) bond motifs is 2. The highest BCUT2D eigenvalue weighted by atomic mass is 16.5. The number of carbonyl (C=O) groups is 2. The van der Waals surface area contributed by atoms with Gasteiger partial charge in [-0.15, -0.1) is 0 Å². The van der Waals surface area contributed by atoms with Gasteiger partial charge in [-0.2, -0.15) is 0 Å². The first-order chi connectivity index (χ1) is 14.5. The van der Waals surface area contributed by atoms with Gasteiger partial charge >= 0.3 is 5.97 Å². The summed E-state index contributed by atoms with van der Waals surface area (Å²) in [6, 6.07) is 22.9. The molecule has 3 aromatic carbocycles. The molecule has 0 saturated heterocycles. The molecule has 0 radical (unpaired) electrons. The molecule has 0 fully saturated rings. The van der Waals surface area contributed by atoms with E-state index in [4.69, 9.17) is 4.74 Å². The van der Waals surface area contributed by atoms with Crippen LogP contribution in [0.4, 0.5) is 0 Å². The number of ether oxygens (including phenoxy) is 1. The van der Waals surface area contributed by atoms with E-state index >= 15 is 0 Å². The third-order valence-electron chi connectivity index (χ3n) is 5.07. The van der Waals surface area contributed by atoms with E-state index in [1.807, 2.05) is 80.6 Å². The van der Waals surface area contributed by atoms with Crippen LogP contribution in [-0.4, -0.2) is 23.5 Å². The van der Waals surface area contributed by atoms with Crippen molar-refractivity contribution in [2.45, 2.75) is 19.9 Å². The summed E-state index contributed by atoms with van der Waals surface area (Å²) in [5.74, 6) is -0.886. The number of hydrogen-bond acceptors (Lipinski definition) is 4. The second-order valence-electron chi connectivity index (χ2n) is 7.26. The van der Waals surface area contributed by atoms with Crippen molar-refractivity contribution in [3.63, 3.8) is 0 Å². The highest BCUT2D eigenvalue weighted by Crippen LogP contribution is 2.24. The average Bonchev–Trinajstić information content (AvgIpc) is 2.76. The van der Waals surface area contributed by atoms with Crippen LogP contribution >= 0.6 is 0 Å². The van der Waals surface area contributed by atoms with Crippen LogP contribution < -0.4 is 5.32 Å². The van der Waals surface area contributed by atoms with E-state index in [2.05, 4.69) is 10.3 Å². The molecule has 0 aliphatic rings. The zero-order chi connectivity index (χ0) is 21.1. The lowest BCUT2D eigenvalue weighted by atomic mass is 10.00. The molecule has 1 aromatic heterocycles. The minimum Gasteiger partial charge on any atom is -0.452 e. The fourth-order valence-corrected chi connectivity index (χ4v) is 3.67. The Hall–Kier alpha value is -3.73. The van der Waals surface area contributed by atoms with Gasteiger partial charge in [-0.3, -0.25) is 9.78 Å². The van der Waals surface area contributed by atoms with Crippen molar-refractivity contribution >= 4 is 33.6 Å². The fraction of sp³-hybridized carbons (Fsp3) is 0.160. The summed E-state index contributed by atoms with van der Waals surface area (Å²) in [5, 5.41) is 5.82. The maximum Gasteiger partial charge on any atom is 0.339 e. The number of hydrogen-bond donors (Lipinski definition) is 1. The van der Waals surface area contributed by atoms with Crippen LogP contribution in [0.15, 0.2) is 72.8 Å². The van der Waals surface area contributed by atoms with E-state index in [9.17, 15) is 9.59 Å². The van der Waals surface area contributed by atoms with E-state index in [1.54, 1.807) is 6.07 Å². The van der Waals surface area contributed by atoms with Crippen LogP contribution in [0.3, 0.4) is 0 Å². The van der Waals surface area contributed by atoms with E-state index < -0.39 is 5.97 Å². The Morgan fingerprint density at radius 2 is 1.67 bits per heavy atom. The molecule has 4 rings (SSSR count). The molecule has 1 atom stereocenters. The van der Waals surface area contributed by atoms with Crippen molar-refractivity contribution in [3.8, 4) is 0 Å². The predicted molar refractivity (Wildman–Crippen MR) is 117 cm³/mol. The lowest BCUT2D eigenvalue weighted by Gasteiger charge is -2.17. The minimum atomic E-state index is -0.537. The third-order valence-corrected chi connectivity index (χ3v) is 5.07. The standard InChI is InChI=1S/C25H22N2O3/c1-16-14-22(21-11-5-6-13-23(21)26-16)25(29)30-15-24(28)27-17(2)19-12-7-9-18-8-3-4-10-20(18)19/h3-14,17H,15H2,1-2H3,(H,27,28)/t17-/m0/s1. The number of amides is 1. The van der Waals surface area contributed by atoms with E-state index in [-0.39, 0.29) is 18.6 Å². The molecule has 1 amide bonds. The van der Waals surface area contributed by atoms with Crippen molar-refractivity contribution in [2.75, 3.05) is 6.61 Å². The molecule has 150 valence electrons. The quantitative estimate of drug-likeness (QED) is 0.494. The fourth-order valence-electron chi connectivity index (χ4n) is 3.67. The molecule has 30 heavy (non-hydrogen) atoms. The Morgan fingerprint density at radius 3 is 2.50 bits per heavy atom. The largest absolute Gasteiger partial charge is 0.452 e. The molecule has 0 spiro atoms. The first-order valence-corrected chi connectivity index (χ1v) is 9.83. The summed E-state index contributed by atoms with van der Waals surface area (Å²) >= 11 is 0. The normalized spacial score (nSPS) is 11.9. The first-order valence-electron chi connectivity index (χ1n) is 9.83. The molecule has 5 heteroatoms. The van der Waals surface area contributed by atoms with Crippen molar-refractivity contribution < 1.29 is 14.3 Å². The molecular formula is C25H22N2O3. The zero-order valence-corrected chi connectivity index (χ0v) is 16.9. The Labute approximate surface area is 174 Å². The molecule has 0 saturated carbocycles. The van der Waals surface area contributed by atoms with Crippen molar-refractivity contribution in [3.05, 3.63) is 89.6 Å². The Morgan fingerprint density at radius 1 is 0.967 bits per heavy atom. The summed E-state index contributed by atoms with van der Waals surface area (Å²) in [6.07, 6.45) is 0. The Balaban J connectivity index is 1.44. The van der Waals surface area contributed by atoms with Gasteiger partial charge < -0.3 is 10.1 Å². The highest BCUT2D eigenvalue weighted by molar-refractivity contribution is 6.04. The molecule has 4 aromatic rings. The Kier molecular flexibility index (Phi) is 5.44. The number of para-hydroxylation sites is 1. The monoisotopic (exact) mass is 398 g/mol. The van der Waals surface area contributed by atoms with Gasteiger partial charge in [0.05, 0.1) is 17.1 Å². The minimum absolute atomic E-state index is 0.216. The lowest BCUT2D eigenvalue weighted by Crippen LogP contribution is -2.31. The molecule has 5 nitrogen and oxygen atoms in total. The first kappa shape index (κ1) is 19.6. The topological polar surface area (TPSA) is 68.3 Å². The van der Waals surface area contributed by atoms with E-state index in [0.717, 1.165) is 27.5 Å².